The van der Waals surface area contributed by atoms with Crippen molar-refractivity contribution < 1.29 is 8.98 Å². The summed E-state index contributed by atoms with van der Waals surface area (Å²) in [7, 11) is 2.03. The summed E-state index contributed by atoms with van der Waals surface area (Å²) in [5.74, 6) is 0. The summed E-state index contributed by atoms with van der Waals surface area (Å²) in [6, 6.07) is 16.5. The van der Waals surface area contributed by atoms with Gasteiger partial charge in [0.1, 0.15) is 18.7 Å². The van der Waals surface area contributed by atoms with Crippen molar-refractivity contribution >= 4 is 21.9 Å². The van der Waals surface area contributed by atoms with Crippen molar-refractivity contribution in [2.24, 2.45) is 7.05 Å². The molecule has 0 atom stereocenters. The second-order valence-corrected chi connectivity index (χ2v) is 6.23. The molecule has 0 aliphatic rings. The third-order valence-corrected chi connectivity index (χ3v) is 4.53. The fourth-order valence-electron chi connectivity index (χ4n) is 3.39. The molecule has 116 valence electrons. The third kappa shape index (κ3) is 2.00. The zero-order valence-electron chi connectivity index (χ0n) is 13.9. The lowest BCUT2D eigenvalue weighted by atomic mass is 9.95. The molecule has 24 heavy (non-hydrogen) atoms. The first-order chi connectivity index (χ1) is 11.6. The fourth-order valence-corrected chi connectivity index (χ4v) is 3.39. The molecule has 2 aromatic heterocycles. The van der Waals surface area contributed by atoms with Gasteiger partial charge in [0.05, 0.1) is 11.1 Å². The zero-order chi connectivity index (χ0) is 16.8. The molecule has 0 fully saturated rings. The molecular formula is C21H17N2O+. The Morgan fingerprint density at radius 2 is 1.92 bits per heavy atom. The average Bonchev–Trinajstić information content (AvgIpc) is 2.93. The number of benzene rings is 2. The molecule has 0 amide bonds. The van der Waals surface area contributed by atoms with Crippen LogP contribution < -0.4 is 4.57 Å². The van der Waals surface area contributed by atoms with Gasteiger partial charge in [-0.25, -0.2) is 4.57 Å². The molecule has 0 spiro atoms. The summed E-state index contributed by atoms with van der Waals surface area (Å²) in [5, 5.41) is 11.6. The molecular weight excluding hydrogens is 296 g/mol. The summed E-state index contributed by atoms with van der Waals surface area (Å²) in [6.07, 6.45) is 2.03. The molecule has 0 saturated carbocycles. The number of fused-ring (bicyclic) bond motifs is 3. The van der Waals surface area contributed by atoms with E-state index in [1.807, 2.05) is 44.4 Å². The summed E-state index contributed by atoms with van der Waals surface area (Å²) in [4.78, 5) is 0. The Morgan fingerprint density at radius 3 is 2.67 bits per heavy atom. The lowest BCUT2D eigenvalue weighted by Crippen LogP contribution is -2.30. The van der Waals surface area contributed by atoms with Gasteiger partial charge in [-0.05, 0) is 43.2 Å². The van der Waals surface area contributed by atoms with Crippen molar-refractivity contribution in [1.82, 2.24) is 0 Å². The van der Waals surface area contributed by atoms with Gasteiger partial charge in [0, 0.05) is 22.9 Å². The highest BCUT2D eigenvalue weighted by molar-refractivity contribution is 6.14. The smallest absolute Gasteiger partial charge is 0.213 e. The van der Waals surface area contributed by atoms with Crippen molar-refractivity contribution in [3.05, 3.63) is 65.4 Å². The van der Waals surface area contributed by atoms with Crippen LogP contribution in [0.1, 0.15) is 16.7 Å². The number of rotatable bonds is 1. The van der Waals surface area contributed by atoms with E-state index < -0.39 is 0 Å². The number of pyridine rings is 1. The Bertz CT molecular complexity index is 1150. The lowest BCUT2D eigenvalue weighted by Gasteiger charge is -2.07. The minimum Gasteiger partial charge on any atom is -0.455 e. The molecule has 4 aromatic rings. The molecule has 3 nitrogen and oxygen atoms in total. The quantitative estimate of drug-likeness (QED) is 0.483. The Hall–Kier alpha value is -3.12. The first-order valence-corrected chi connectivity index (χ1v) is 7.91. The van der Waals surface area contributed by atoms with Crippen molar-refractivity contribution in [3.8, 4) is 17.3 Å². The Balaban J connectivity index is 2.26. The highest BCUT2D eigenvalue weighted by Gasteiger charge is 2.22. The maximum atomic E-state index is 9.54. The van der Waals surface area contributed by atoms with E-state index in [2.05, 4.69) is 35.8 Å². The highest BCUT2D eigenvalue weighted by atomic mass is 16.3. The summed E-state index contributed by atoms with van der Waals surface area (Å²) in [5.41, 5.74) is 6.52. The van der Waals surface area contributed by atoms with Crippen LogP contribution in [0.15, 0.2) is 53.1 Å². The van der Waals surface area contributed by atoms with Gasteiger partial charge in [0.2, 0.25) is 5.69 Å². The SMILES string of the molecule is Cc1ccc2c(c1)oc1c(C#N)cc(C)c(-c3cccc[n+]3C)c12. The predicted molar refractivity (Wildman–Crippen MR) is 94.5 cm³/mol. The number of hydrogen-bond acceptors (Lipinski definition) is 2. The second-order valence-electron chi connectivity index (χ2n) is 6.23. The minimum atomic E-state index is 0.582. The van der Waals surface area contributed by atoms with Gasteiger partial charge in [0.15, 0.2) is 11.8 Å². The summed E-state index contributed by atoms with van der Waals surface area (Å²) in [6.45, 7) is 4.09. The standard InChI is InChI=1S/C21H17N2O/c1-13-7-8-16-18(10-13)24-21-15(12-22)11-14(2)19(20(16)21)17-6-4-5-9-23(17)3/h4-11H,1-3H3/q+1. The van der Waals surface area contributed by atoms with Gasteiger partial charge in [-0.1, -0.05) is 12.1 Å². The monoisotopic (exact) mass is 313 g/mol. The minimum absolute atomic E-state index is 0.582. The third-order valence-electron chi connectivity index (χ3n) is 4.53. The molecule has 4 rings (SSSR count). The van der Waals surface area contributed by atoms with Gasteiger partial charge >= 0.3 is 0 Å². The largest absolute Gasteiger partial charge is 0.455 e. The summed E-state index contributed by atoms with van der Waals surface area (Å²) < 4.78 is 8.18. The van der Waals surface area contributed by atoms with Crippen LogP contribution >= 0.6 is 0 Å². The average molecular weight is 313 g/mol. The van der Waals surface area contributed by atoms with E-state index in [0.717, 1.165) is 38.7 Å². The zero-order valence-corrected chi connectivity index (χ0v) is 13.9. The Morgan fingerprint density at radius 1 is 1.08 bits per heavy atom. The molecule has 0 bridgehead atoms. The number of aryl methyl sites for hydroxylation is 3. The number of aromatic nitrogens is 1. The summed E-state index contributed by atoms with van der Waals surface area (Å²) >= 11 is 0. The number of hydrogen-bond donors (Lipinski definition) is 0. The Labute approximate surface area is 140 Å². The van der Waals surface area contributed by atoms with E-state index in [1.165, 1.54) is 0 Å². The normalized spacial score (nSPS) is 11.1. The highest BCUT2D eigenvalue weighted by Crippen LogP contribution is 2.39. The molecule has 0 aliphatic heterocycles. The van der Waals surface area contributed by atoms with Crippen LogP contribution in [0.5, 0.6) is 0 Å². The van der Waals surface area contributed by atoms with Crippen LogP contribution in [0, 0.1) is 25.2 Å². The van der Waals surface area contributed by atoms with Crippen LogP contribution in [0.25, 0.3) is 33.2 Å². The fraction of sp³-hybridized carbons (Fsp3) is 0.143. The van der Waals surface area contributed by atoms with Gasteiger partial charge in [-0.15, -0.1) is 0 Å². The number of nitriles is 1. The predicted octanol–water partition coefficient (Wildman–Crippen LogP) is 4.57. The van der Waals surface area contributed by atoms with Crippen LogP contribution in [-0.2, 0) is 7.05 Å². The van der Waals surface area contributed by atoms with Crippen LogP contribution in [0.2, 0.25) is 0 Å². The first-order valence-electron chi connectivity index (χ1n) is 7.91. The molecule has 3 heteroatoms. The molecule has 2 heterocycles. The van der Waals surface area contributed by atoms with Gasteiger partial charge in [-0.3, -0.25) is 0 Å². The van der Waals surface area contributed by atoms with Crippen molar-refractivity contribution in [1.29, 1.82) is 5.26 Å². The molecule has 0 unspecified atom stereocenters. The molecule has 2 aromatic carbocycles. The Kier molecular flexibility index (Phi) is 3.14. The molecule has 0 aliphatic carbocycles. The van der Waals surface area contributed by atoms with Crippen LogP contribution in [0.4, 0.5) is 0 Å². The maximum Gasteiger partial charge on any atom is 0.213 e. The topological polar surface area (TPSA) is 40.8 Å². The molecule has 0 N–H and O–H groups in total. The lowest BCUT2D eigenvalue weighted by molar-refractivity contribution is -0.660. The van der Waals surface area contributed by atoms with E-state index in [4.69, 9.17) is 4.42 Å². The van der Waals surface area contributed by atoms with Crippen molar-refractivity contribution in [3.63, 3.8) is 0 Å². The van der Waals surface area contributed by atoms with Gasteiger partial charge < -0.3 is 4.42 Å². The van der Waals surface area contributed by atoms with E-state index in [0.29, 0.717) is 11.1 Å². The van der Waals surface area contributed by atoms with E-state index in [9.17, 15) is 5.26 Å². The number of furan rings is 1. The van der Waals surface area contributed by atoms with Crippen LogP contribution in [-0.4, -0.2) is 0 Å². The van der Waals surface area contributed by atoms with Crippen molar-refractivity contribution in [2.75, 3.05) is 0 Å². The molecule has 0 saturated heterocycles. The van der Waals surface area contributed by atoms with Gasteiger partial charge in [-0.2, -0.15) is 5.26 Å². The van der Waals surface area contributed by atoms with Gasteiger partial charge in [0.25, 0.3) is 0 Å². The van der Waals surface area contributed by atoms with E-state index >= 15 is 0 Å². The molecule has 0 radical (unpaired) electrons. The maximum absolute atomic E-state index is 9.54. The van der Waals surface area contributed by atoms with E-state index in [-0.39, 0.29) is 0 Å². The number of nitrogens with zero attached hydrogens (tertiary/aromatic N) is 2. The van der Waals surface area contributed by atoms with Crippen molar-refractivity contribution in [2.45, 2.75) is 13.8 Å². The van der Waals surface area contributed by atoms with Crippen LogP contribution in [0.3, 0.4) is 0 Å². The second kappa shape index (κ2) is 5.21. The van der Waals surface area contributed by atoms with E-state index in [1.54, 1.807) is 0 Å². The first kappa shape index (κ1) is 14.5.